The van der Waals surface area contributed by atoms with Crippen LogP contribution in [-0.2, 0) is 9.53 Å². The minimum absolute atomic E-state index is 0.112. The first kappa shape index (κ1) is 18.7. The Morgan fingerprint density at radius 3 is 2.81 bits per heavy atom. The van der Waals surface area contributed by atoms with Gasteiger partial charge in [-0.25, -0.2) is 0 Å². The van der Waals surface area contributed by atoms with Crippen molar-refractivity contribution >= 4 is 23.6 Å². The van der Waals surface area contributed by atoms with Gasteiger partial charge in [0.25, 0.3) is 0 Å². The molecule has 2 aromatic rings. The number of methoxy groups -OCH3 is 1. The Bertz CT molecular complexity index is 756. The molecule has 1 amide bonds. The van der Waals surface area contributed by atoms with E-state index >= 15 is 0 Å². The summed E-state index contributed by atoms with van der Waals surface area (Å²) in [6, 6.07) is 7.52. The highest BCUT2D eigenvalue weighted by Gasteiger charge is 2.33. The Morgan fingerprint density at radius 1 is 1.35 bits per heavy atom. The number of aromatic amines is 1. The Balaban J connectivity index is 1.67. The second-order valence-corrected chi connectivity index (χ2v) is 8.52. The van der Waals surface area contributed by atoms with Crippen LogP contribution in [0.25, 0.3) is 11.4 Å². The molecule has 3 rings (SSSR count). The van der Waals surface area contributed by atoms with Crippen molar-refractivity contribution < 1.29 is 14.3 Å². The number of thioether (sulfide) groups is 1. The van der Waals surface area contributed by atoms with Crippen molar-refractivity contribution in [3.05, 3.63) is 24.3 Å². The van der Waals surface area contributed by atoms with Crippen LogP contribution < -0.4 is 10.1 Å². The number of rotatable bonds is 6. The largest absolute Gasteiger partial charge is 0.496 e. The fraction of sp³-hybridized carbons (Fsp3) is 0.500. The molecule has 0 saturated carbocycles. The monoisotopic (exact) mass is 376 g/mol. The minimum Gasteiger partial charge on any atom is -0.496 e. The highest BCUT2D eigenvalue weighted by atomic mass is 32.2. The molecular weight excluding hydrogens is 352 g/mol. The van der Waals surface area contributed by atoms with Crippen LogP contribution in [0.3, 0.4) is 0 Å². The van der Waals surface area contributed by atoms with E-state index in [9.17, 15) is 4.79 Å². The Hall–Kier alpha value is -2.06. The molecule has 2 heterocycles. The minimum atomic E-state index is -0.576. The summed E-state index contributed by atoms with van der Waals surface area (Å²) in [7, 11) is 1.61. The molecule has 0 atom stereocenters. The predicted molar refractivity (Wildman–Crippen MR) is 103 cm³/mol. The van der Waals surface area contributed by atoms with E-state index in [4.69, 9.17) is 9.47 Å². The third-order valence-corrected chi connectivity index (χ3v) is 5.83. The summed E-state index contributed by atoms with van der Waals surface area (Å²) in [5.41, 5.74) is 0.791. The van der Waals surface area contributed by atoms with Crippen LogP contribution in [0.4, 0.5) is 5.95 Å². The first-order valence-electron chi connectivity index (χ1n) is 8.62. The SMILES string of the molecule is COc1ccccc1-c1nc(NC(=O)C(C)(C)SC2CCOCC2)n[nH]1. The van der Waals surface area contributed by atoms with Crippen molar-refractivity contribution in [3.8, 4) is 17.1 Å². The summed E-state index contributed by atoms with van der Waals surface area (Å²) in [4.78, 5) is 17.1. The summed E-state index contributed by atoms with van der Waals surface area (Å²) in [6.45, 7) is 5.38. The maximum absolute atomic E-state index is 12.7. The number of ether oxygens (including phenoxy) is 2. The number of amides is 1. The van der Waals surface area contributed by atoms with E-state index in [-0.39, 0.29) is 11.9 Å². The van der Waals surface area contributed by atoms with Crippen molar-refractivity contribution in [3.63, 3.8) is 0 Å². The van der Waals surface area contributed by atoms with Crippen LogP contribution in [0.15, 0.2) is 24.3 Å². The van der Waals surface area contributed by atoms with Gasteiger partial charge in [-0.15, -0.1) is 16.9 Å². The second kappa shape index (κ2) is 8.09. The third-order valence-electron chi connectivity index (χ3n) is 4.25. The van der Waals surface area contributed by atoms with E-state index in [0.717, 1.165) is 31.6 Å². The molecular formula is C18H24N4O3S. The van der Waals surface area contributed by atoms with E-state index in [2.05, 4.69) is 20.5 Å². The molecule has 0 unspecified atom stereocenters. The lowest BCUT2D eigenvalue weighted by atomic mass is 10.2. The fourth-order valence-electron chi connectivity index (χ4n) is 2.79. The highest BCUT2D eigenvalue weighted by molar-refractivity contribution is 8.02. The lowest BCUT2D eigenvalue weighted by Crippen LogP contribution is -2.37. The van der Waals surface area contributed by atoms with Crippen molar-refractivity contribution in [1.29, 1.82) is 0 Å². The van der Waals surface area contributed by atoms with E-state index < -0.39 is 4.75 Å². The zero-order valence-electron chi connectivity index (χ0n) is 15.2. The zero-order chi connectivity index (χ0) is 18.6. The average molecular weight is 376 g/mol. The highest BCUT2D eigenvalue weighted by Crippen LogP contribution is 2.34. The van der Waals surface area contributed by atoms with Gasteiger partial charge in [0, 0.05) is 18.5 Å². The third kappa shape index (κ3) is 4.37. The van der Waals surface area contributed by atoms with Crippen molar-refractivity contribution in [1.82, 2.24) is 15.2 Å². The van der Waals surface area contributed by atoms with Gasteiger partial charge in [-0.2, -0.15) is 4.98 Å². The number of hydrogen-bond acceptors (Lipinski definition) is 6. The van der Waals surface area contributed by atoms with Gasteiger partial charge in [0.2, 0.25) is 11.9 Å². The predicted octanol–water partition coefficient (Wildman–Crippen LogP) is 3.11. The molecule has 1 aromatic heterocycles. The van der Waals surface area contributed by atoms with Crippen LogP contribution in [0.5, 0.6) is 5.75 Å². The quantitative estimate of drug-likeness (QED) is 0.805. The molecule has 8 heteroatoms. The Morgan fingerprint density at radius 2 is 2.08 bits per heavy atom. The van der Waals surface area contributed by atoms with Crippen LogP contribution >= 0.6 is 11.8 Å². The molecule has 26 heavy (non-hydrogen) atoms. The van der Waals surface area contributed by atoms with Crippen molar-refractivity contribution in [2.45, 2.75) is 36.7 Å². The number of carbonyl (C=O) groups excluding carboxylic acids is 1. The van der Waals surface area contributed by atoms with Crippen LogP contribution in [0.2, 0.25) is 0 Å². The molecule has 0 spiro atoms. The summed E-state index contributed by atoms with van der Waals surface area (Å²) >= 11 is 1.68. The van der Waals surface area contributed by atoms with Gasteiger partial charge in [0.15, 0.2) is 5.82 Å². The number of H-pyrrole nitrogens is 1. The lowest BCUT2D eigenvalue weighted by Gasteiger charge is -2.30. The first-order valence-corrected chi connectivity index (χ1v) is 9.50. The van der Waals surface area contributed by atoms with E-state index in [1.807, 2.05) is 38.1 Å². The lowest BCUT2D eigenvalue weighted by molar-refractivity contribution is -0.117. The van der Waals surface area contributed by atoms with Crippen LogP contribution in [-0.4, -0.2) is 51.4 Å². The molecule has 0 aliphatic carbocycles. The fourth-order valence-corrected chi connectivity index (χ4v) is 4.21. The van der Waals surface area contributed by atoms with Crippen molar-refractivity contribution in [2.75, 3.05) is 25.6 Å². The van der Waals surface area contributed by atoms with Gasteiger partial charge in [0.05, 0.1) is 17.4 Å². The molecule has 1 aliphatic rings. The number of para-hydroxylation sites is 1. The van der Waals surface area contributed by atoms with Gasteiger partial charge in [-0.1, -0.05) is 12.1 Å². The van der Waals surface area contributed by atoms with Crippen LogP contribution in [0, 0.1) is 0 Å². The summed E-state index contributed by atoms with van der Waals surface area (Å²) in [5.74, 6) is 1.39. The van der Waals surface area contributed by atoms with Gasteiger partial charge in [0.1, 0.15) is 5.75 Å². The number of nitrogens with zero attached hydrogens (tertiary/aromatic N) is 2. The van der Waals surface area contributed by atoms with Crippen LogP contribution in [0.1, 0.15) is 26.7 Å². The average Bonchev–Trinajstić information content (AvgIpc) is 3.10. The Labute approximate surface area is 157 Å². The molecule has 7 nitrogen and oxygen atoms in total. The number of nitrogens with one attached hydrogen (secondary N) is 2. The molecule has 1 aliphatic heterocycles. The maximum atomic E-state index is 12.7. The normalized spacial score (nSPS) is 15.7. The molecule has 1 fully saturated rings. The van der Waals surface area contributed by atoms with E-state index in [0.29, 0.717) is 16.8 Å². The topological polar surface area (TPSA) is 89.1 Å². The van der Waals surface area contributed by atoms with Crippen molar-refractivity contribution in [2.24, 2.45) is 0 Å². The molecule has 0 bridgehead atoms. The zero-order valence-corrected chi connectivity index (χ0v) is 16.1. The second-order valence-electron chi connectivity index (χ2n) is 6.60. The number of anilines is 1. The summed E-state index contributed by atoms with van der Waals surface area (Å²) in [5, 5.41) is 10.2. The molecule has 140 valence electrons. The van der Waals surface area contributed by atoms with Gasteiger partial charge < -0.3 is 9.47 Å². The maximum Gasteiger partial charge on any atom is 0.249 e. The number of benzene rings is 1. The number of aromatic nitrogens is 3. The van der Waals surface area contributed by atoms with E-state index in [1.165, 1.54) is 0 Å². The molecule has 2 N–H and O–H groups in total. The number of carbonyl (C=O) groups is 1. The summed E-state index contributed by atoms with van der Waals surface area (Å²) in [6.07, 6.45) is 1.94. The molecule has 1 aromatic carbocycles. The van der Waals surface area contributed by atoms with Gasteiger partial charge in [-0.3, -0.25) is 15.2 Å². The molecule has 1 saturated heterocycles. The van der Waals surface area contributed by atoms with E-state index in [1.54, 1.807) is 18.9 Å². The van der Waals surface area contributed by atoms with Gasteiger partial charge in [-0.05, 0) is 38.8 Å². The summed E-state index contributed by atoms with van der Waals surface area (Å²) < 4.78 is 10.1. The molecule has 0 radical (unpaired) electrons. The standard InChI is InChI=1S/C18H24N4O3S/c1-18(2,26-12-8-10-25-11-9-12)16(23)20-17-19-15(21-22-17)13-6-4-5-7-14(13)24-3/h4-7,12H,8-11H2,1-3H3,(H2,19,20,21,22,23). The number of hydrogen-bond donors (Lipinski definition) is 2. The smallest absolute Gasteiger partial charge is 0.249 e. The first-order chi connectivity index (χ1) is 12.5. The van der Waals surface area contributed by atoms with Gasteiger partial charge >= 0.3 is 0 Å². The Kier molecular flexibility index (Phi) is 5.83.